The van der Waals surface area contributed by atoms with Crippen LogP contribution in [0.1, 0.15) is 49.0 Å². The van der Waals surface area contributed by atoms with Crippen molar-refractivity contribution in [2.45, 2.75) is 58.9 Å². The molecule has 1 aromatic rings. The number of hydrogen-bond acceptors (Lipinski definition) is 3. The zero-order valence-corrected chi connectivity index (χ0v) is 11.2. The van der Waals surface area contributed by atoms with Crippen molar-refractivity contribution in [3.8, 4) is 0 Å². The topological polar surface area (TPSA) is 37.8 Å². The van der Waals surface area contributed by atoms with Crippen LogP contribution in [-0.4, -0.2) is 22.6 Å². The maximum atomic E-state index is 4.58. The summed E-state index contributed by atoms with van der Waals surface area (Å²) in [5.41, 5.74) is 3.69. The molecule has 1 aliphatic heterocycles. The number of nitrogens with one attached hydrogen (secondary N) is 1. The highest BCUT2D eigenvalue weighted by Crippen LogP contribution is 2.17. The second kappa shape index (κ2) is 5.58. The van der Waals surface area contributed by atoms with E-state index in [1.165, 1.54) is 36.2 Å². The Morgan fingerprint density at radius 2 is 1.88 bits per heavy atom. The van der Waals surface area contributed by atoms with Gasteiger partial charge in [0.1, 0.15) is 5.82 Å². The van der Waals surface area contributed by atoms with Crippen molar-refractivity contribution in [3.63, 3.8) is 0 Å². The van der Waals surface area contributed by atoms with Gasteiger partial charge in [0.25, 0.3) is 0 Å². The smallest absolute Gasteiger partial charge is 0.128 e. The van der Waals surface area contributed by atoms with E-state index in [-0.39, 0.29) is 0 Å². The summed E-state index contributed by atoms with van der Waals surface area (Å²) in [7, 11) is 0. The molecule has 1 aromatic heterocycles. The first-order valence-corrected chi connectivity index (χ1v) is 6.77. The lowest BCUT2D eigenvalue weighted by Gasteiger charge is -2.24. The van der Waals surface area contributed by atoms with Crippen LogP contribution in [0.3, 0.4) is 0 Å². The lowest BCUT2D eigenvalue weighted by Crippen LogP contribution is -2.36. The van der Waals surface area contributed by atoms with Crippen molar-refractivity contribution in [3.05, 3.63) is 22.8 Å². The second-order valence-electron chi connectivity index (χ2n) is 4.99. The lowest BCUT2D eigenvalue weighted by atomic mass is 9.96. The molecule has 17 heavy (non-hydrogen) atoms. The van der Waals surface area contributed by atoms with E-state index in [0.717, 1.165) is 25.2 Å². The predicted octanol–water partition coefficient (Wildman–Crippen LogP) is 2.34. The van der Waals surface area contributed by atoms with Gasteiger partial charge in [0, 0.05) is 23.9 Å². The van der Waals surface area contributed by atoms with Crippen molar-refractivity contribution in [2.75, 3.05) is 6.54 Å². The first-order valence-electron chi connectivity index (χ1n) is 6.77. The van der Waals surface area contributed by atoms with Gasteiger partial charge >= 0.3 is 0 Å². The summed E-state index contributed by atoms with van der Waals surface area (Å²) in [6.07, 6.45) is 5.96. The summed E-state index contributed by atoms with van der Waals surface area (Å²) < 4.78 is 0. The van der Waals surface area contributed by atoms with Crippen LogP contribution >= 0.6 is 0 Å². The Hall–Kier alpha value is -0.960. The van der Waals surface area contributed by atoms with Gasteiger partial charge in [-0.05, 0) is 45.2 Å². The van der Waals surface area contributed by atoms with Crippen LogP contribution in [0.2, 0.25) is 0 Å². The quantitative estimate of drug-likeness (QED) is 0.871. The Balaban J connectivity index is 2.14. The maximum Gasteiger partial charge on any atom is 0.128 e. The molecular formula is C14H23N3. The minimum Gasteiger partial charge on any atom is -0.314 e. The van der Waals surface area contributed by atoms with Gasteiger partial charge in [0.15, 0.2) is 0 Å². The highest BCUT2D eigenvalue weighted by Gasteiger charge is 2.16. The Morgan fingerprint density at radius 3 is 2.41 bits per heavy atom. The largest absolute Gasteiger partial charge is 0.314 e. The molecule has 0 spiro atoms. The molecule has 1 unspecified atom stereocenters. The molecule has 0 aromatic carbocycles. The first kappa shape index (κ1) is 12.5. The van der Waals surface area contributed by atoms with Gasteiger partial charge < -0.3 is 5.32 Å². The molecule has 3 nitrogen and oxygen atoms in total. The Kier molecular flexibility index (Phi) is 4.11. The average Bonchev–Trinajstić information content (AvgIpc) is 2.35. The monoisotopic (exact) mass is 233 g/mol. The Morgan fingerprint density at radius 1 is 1.18 bits per heavy atom. The highest BCUT2D eigenvalue weighted by molar-refractivity contribution is 5.25. The molecule has 0 amide bonds. The number of hydrogen-bond donors (Lipinski definition) is 1. The number of aryl methyl sites for hydroxylation is 3. The zero-order valence-electron chi connectivity index (χ0n) is 11.2. The van der Waals surface area contributed by atoms with E-state index in [4.69, 9.17) is 0 Å². The van der Waals surface area contributed by atoms with Gasteiger partial charge in [-0.1, -0.05) is 13.3 Å². The van der Waals surface area contributed by atoms with Crippen LogP contribution in [0.4, 0.5) is 0 Å². The minimum absolute atomic E-state index is 0.622. The van der Waals surface area contributed by atoms with E-state index in [0.29, 0.717) is 6.04 Å². The van der Waals surface area contributed by atoms with Crippen LogP contribution in [-0.2, 0) is 12.8 Å². The summed E-state index contributed by atoms with van der Waals surface area (Å²) >= 11 is 0. The molecule has 0 aliphatic carbocycles. The molecular weight excluding hydrogens is 210 g/mol. The second-order valence-corrected chi connectivity index (χ2v) is 4.99. The van der Waals surface area contributed by atoms with E-state index >= 15 is 0 Å². The molecule has 94 valence electrons. The van der Waals surface area contributed by atoms with Crippen LogP contribution < -0.4 is 5.32 Å². The summed E-state index contributed by atoms with van der Waals surface area (Å²) in [6.45, 7) is 7.51. The Bertz CT molecular complexity index is 358. The van der Waals surface area contributed by atoms with Gasteiger partial charge in [-0.3, -0.25) is 0 Å². The molecule has 2 rings (SSSR count). The fraction of sp³-hybridized carbons (Fsp3) is 0.714. The van der Waals surface area contributed by atoms with Gasteiger partial charge in [0.2, 0.25) is 0 Å². The molecule has 1 aliphatic rings. The van der Waals surface area contributed by atoms with E-state index in [1.807, 2.05) is 0 Å². The van der Waals surface area contributed by atoms with Crippen LogP contribution in [0, 0.1) is 13.8 Å². The number of piperidine rings is 1. The minimum atomic E-state index is 0.622. The molecule has 2 heterocycles. The highest BCUT2D eigenvalue weighted by atomic mass is 14.9. The number of rotatable bonds is 3. The van der Waals surface area contributed by atoms with Crippen molar-refractivity contribution in [1.82, 2.24) is 15.3 Å². The van der Waals surface area contributed by atoms with Gasteiger partial charge in [-0.15, -0.1) is 0 Å². The van der Waals surface area contributed by atoms with Crippen molar-refractivity contribution >= 4 is 0 Å². The number of aromatic nitrogens is 2. The molecule has 1 N–H and O–H groups in total. The maximum absolute atomic E-state index is 4.58. The standard InChI is InChI=1S/C14H23N3/c1-4-14-16-10(2)13(11(3)17-14)9-12-7-5-6-8-15-12/h12,15H,4-9H2,1-3H3. The fourth-order valence-corrected chi connectivity index (χ4v) is 2.61. The number of nitrogens with zero attached hydrogens (tertiary/aromatic N) is 2. The SMILES string of the molecule is CCc1nc(C)c(CC2CCCCN2)c(C)n1. The van der Waals surface area contributed by atoms with E-state index in [9.17, 15) is 0 Å². The third kappa shape index (κ3) is 3.03. The van der Waals surface area contributed by atoms with Crippen molar-refractivity contribution in [2.24, 2.45) is 0 Å². The fourth-order valence-electron chi connectivity index (χ4n) is 2.61. The van der Waals surface area contributed by atoms with Gasteiger partial charge in [-0.25, -0.2) is 9.97 Å². The van der Waals surface area contributed by atoms with Crippen molar-refractivity contribution in [1.29, 1.82) is 0 Å². The molecule has 0 saturated carbocycles. The van der Waals surface area contributed by atoms with Crippen LogP contribution in [0.15, 0.2) is 0 Å². The molecule has 1 atom stereocenters. The van der Waals surface area contributed by atoms with Gasteiger partial charge in [0.05, 0.1) is 0 Å². The third-order valence-corrected chi connectivity index (χ3v) is 3.65. The molecule has 1 saturated heterocycles. The van der Waals surface area contributed by atoms with E-state index < -0.39 is 0 Å². The van der Waals surface area contributed by atoms with E-state index in [1.54, 1.807) is 0 Å². The Labute approximate surface area is 104 Å². The predicted molar refractivity (Wildman–Crippen MR) is 70.2 cm³/mol. The van der Waals surface area contributed by atoms with Crippen molar-refractivity contribution < 1.29 is 0 Å². The zero-order chi connectivity index (χ0) is 12.3. The van der Waals surface area contributed by atoms with E-state index in [2.05, 4.69) is 36.1 Å². The summed E-state index contributed by atoms with van der Waals surface area (Å²) in [5.74, 6) is 0.973. The lowest BCUT2D eigenvalue weighted by molar-refractivity contribution is 0.397. The normalized spacial score (nSPS) is 20.5. The molecule has 1 fully saturated rings. The van der Waals surface area contributed by atoms with Crippen LogP contribution in [0.5, 0.6) is 0 Å². The molecule has 3 heteroatoms. The third-order valence-electron chi connectivity index (χ3n) is 3.65. The first-order chi connectivity index (χ1) is 8.20. The van der Waals surface area contributed by atoms with Crippen LogP contribution in [0.25, 0.3) is 0 Å². The summed E-state index contributed by atoms with van der Waals surface area (Å²) in [5, 5.41) is 3.60. The molecule has 0 radical (unpaired) electrons. The molecule has 0 bridgehead atoms. The average molecular weight is 233 g/mol. The summed E-state index contributed by atoms with van der Waals surface area (Å²) in [4.78, 5) is 9.16. The van der Waals surface area contributed by atoms with Gasteiger partial charge in [-0.2, -0.15) is 0 Å². The summed E-state index contributed by atoms with van der Waals surface area (Å²) in [6, 6.07) is 0.622.